The van der Waals surface area contributed by atoms with Gasteiger partial charge in [-0.05, 0) is 25.5 Å². The molecule has 1 aromatic rings. The number of hydrogen-bond acceptors (Lipinski definition) is 4. The molecule has 0 radical (unpaired) electrons. The number of sulfonamides is 1. The van der Waals surface area contributed by atoms with E-state index in [1.807, 2.05) is 0 Å². The predicted octanol–water partition coefficient (Wildman–Crippen LogP) is 0.902. The van der Waals surface area contributed by atoms with Crippen molar-refractivity contribution in [1.29, 1.82) is 0 Å². The van der Waals surface area contributed by atoms with Crippen molar-refractivity contribution in [3.63, 3.8) is 0 Å². The maximum atomic E-state index is 11.4. The molecule has 6 heteroatoms. The molecule has 0 aliphatic heterocycles. The van der Waals surface area contributed by atoms with E-state index in [0.29, 0.717) is 12.2 Å². The summed E-state index contributed by atoms with van der Waals surface area (Å²) in [6.07, 6.45) is 2.34. The van der Waals surface area contributed by atoms with E-state index in [2.05, 4.69) is 4.72 Å². The van der Waals surface area contributed by atoms with Crippen LogP contribution in [-0.2, 0) is 16.4 Å². The van der Waals surface area contributed by atoms with Crippen molar-refractivity contribution in [2.45, 2.75) is 32.3 Å². The molecule has 1 rings (SSSR count). The second kappa shape index (κ2) is 5.66. The Morgan fingerprint density at radius 2 is 2.24 bits per heavy atom. The van der Waals surface area contributed by atoms with E-state index < -0.39 is 15.6 Å². The quantitative estimate of drug-likeness (QED) is 0.764. The number of hydrogen-bond donors (Lipinski definition) is 2. The summed E-state index contributed by atoms with van der Waals surface area (Å²) < 4.78 is 30.4. The Bertz CT molecular complexity index is 422. The van der Waals surface area contributed by atoms with Gasteiger partial charge in [0, 0.05) is 13.0 Å². The monoisotopic (exact) mass is 261 g/mol. The summed E-state index contributed by atoms with van der Waals surface area (Å²) in [5.74, 6) is 0.703. The predicted molar refractivity (Wildman–Crippen MR) is 65.1 cm³/mol. The molecular weight excluding hydrogens is 242 g/mol. The van der Waals surface area contributed by atoms with Crippen LogP contribution in [0.1, 0.15) is 26.0 Å². The highest BCUT2D eigenvalue weighted by atomic mass is 32.2. The summed E-state index contributed by atoms with van der Waals surface area (Å²) in [4.78, 5) is 0. The number of furan rings is 1. The van der Waals surface area contributed by atoms with E-state index in [9.17, 15) is 13.5 Å². The van der Waals surface area contributed by atoms with Crippen molar-refractivity contribution < 1.29 is 17.9 Å². The van der Waals surface area contributed by atoms with Gasteiger partial charge < -0.3 is 9.52 Å². The maximum absolute atomic E-state index is 11.4. The van der Waals surface area contributed by atoms with Crippen LogP contribution in [0.25, 0.3) is 0 Å². The molecule has 0 bridgehead atoms. The van der Waals surface area contributed by atoms with Crippen LogP contribution in [0.15, 0.2) is 22.8 Å². The lowest BCUT2D eigenvalue weighted by atomic mass is 10.0. The molecule has 0 amide bonds. The Morgan fingerprint density at radius 1 is 1.53 bits per heavy atom. The molecule has 1 heterocycles. The van der Waals surface area contributed by atoms with E-state index >= 15 is 0 Å². The topological polar surface area (TPSA) is 79.5 Å². The fourth-order valence-corrected chi connectivity index (χ4v) is 2.67. The first-order valence-corrected chi connectivity index (χ1v) is 7.22. The van der Waals surface area contributed by atoms with Crippen LogP contribution in [0.5, 0.6) is 0 Å². The molecule has 0 fully saturated rings. The lowest BCUT2D eigenvalue weighted by Gasteiger charge is -2.22. The first-order chi connectivity index (χ1) is 7.85. The van der Waals surface area contributed by atoms with Gasteiger partial charge in [0.25, 0.3) is 0 Å². The average Bonchev–Trinajstić information content (AvgIpc) is 2.67. The number of nitrogens with one attached hydrogen (secondary N) is 1. The molecule has 1 unspecified atom stereocenters. The van der Waals surface area contributed by atoms with Gasteiger partial charge in [-0.15, -0.1) is 0 Å². The third-order valence-corrected chi connectivity index (χ3v) is 3.81. The second-order valence-corrected chi connectivity index (χ2v) is 6.32. The Hall–Kier alpha value is -0.850. The minimum absolute atomic E-state index is 0.0178. The molecule has 0 saturated carbocycles. The third-order valence-electron chi connectivity index (χ3n) is 2.28. The van der Waals surface area contributed by atoms with Crippen molar-refractivity contribution in [1.82, 2.24) is 4.72 Å². The molecule has 1 aromatic heterocycles. The van der Waals surface area contributed by atoms with Crippen LogP contribution in [-0.4, -0.2) is 31.4 Å². The molecule has 2 N–H and O–H groups in total. The van der Waals surface area contributed by atoms with Gasteiger partial charge in [0.1, 0.15) is 5.76 Å². The molecule has 0 saturated heterocycles. The zero-order valence-corrected chi connectivity index (χ0v) is 11.0. The molecule has 17 heavy (non-hydrogen) atoms. The molecule has 98 valence electrons. The lowest BCUT2D eigenvalue weighted by Crippen LogP contribution is -2.42. The van der Waals surface area contributed by atoms with Crippen LogP contribution < -0.4 is 4.72 Å². The van der Waals surface area contributed by atoms with E-state index in [4.69, 9.17) is 4.42 Å². The third kappa shape index (κ3) is 5.34. The van der Waals surface area contributed by atoms with Crippen molar-refractivity contribution in [2.75, 3.05) is 12.3 Å². The Kier molecular flexibility index (Phi) is 4.73. The largest absolute Gasteiger partial charge is 0.469 e. The van der Waals surface area contributed by atoms with Gasteiger partial charge in [0.05, 0.1) is 17.6 Å². The van der Waals surface area contributed by atoms with Crippen LogP contribution in [0, 0.1) is 0 Å². The number of rotatable bonds is 7. The molecule has 0 aliphatic carbocycles. The van der Waals surface area contributed by atoms with Gasteiger partial charge in [-0.25, -0.2) is 13.1 Å². The normalized spacial score (nSPS) is 15.7. The van der Waals surface area contributed by atoms with Gasteiger partial charge in [0.2, 0.25) is 10.0 Å². The van der Waals surface area contributed by atoms with Gasteiger partial charge >= 0.3 is 0 Å². The van der Waals surface area contributed by atoms with Crippen LogP contribution in [0.2, 0.25) is 0 Å². The van der Waals surface area contributed by atoms with Crippen LogP contribution in [0.4, 0.5) is 0 Å². The highest BCUT2D eigenvalue weighted by molar-refractivity contribution is 7.89. The summed E-state index contributed by atoms with van der Waals surface area (Å²) in [5, 5.41) is 10.0. The van der Waals surface area contributed by atoms with Crippen molar-refractivity contribution in [3.05, 3.63) is 24.2 Å². The minimum Gasteiger partial charge on any atom is -0.469 e. The van der Waals surface area contributed by atoms with Gasteiger partial charge in [0.15, 0.2) is 0 Å². The second-order valence-electron chi connectivity index (χ2n) is 4.39. The van der Waals surface area contributed by atoms with E-state index in [-0.39, 0.29) is 18.7 Å². The minimum atomic E-state index is -3.28. The zero-order chi connectivity index (χ0) is 12.9. The first-order valence-electron chi connectivity index (χ1n) is 5.57. The highest BCUT2D eigenvalue weighted by Crippen LogP contribution is 2.13. The Balaban J connectivity index is 2.50. The average molecular weight is 261 g/mol. The molecule has 0 spiro atoms. The Labute approximate surface area is 102 Å². The van der Waals surface area contributed by atoms with E-state index in [1.54, 1.807) is 26.0 Å². The summed E-state index contributed by atoms with van der Waals surface area (Å²) in [6, 6.07) is 3.47. The zero-order valence-electron chi connectivity index (χ0n) is 10.1. The van der Waals surface area contributed by atoms with Gasteiger partial charge in [-0.2, -0.15) is 0 Å². The summed E-state index contributed by atoms with van der Waals surface area (Å²) >= 11 is 0. The summed E-state index contributed by atoms with van der Waals surface area (Å²) in [7, 11) is -3.28. The van der Waals surface area contributed by atoms with Gasteiger partial charge in [-0.3, -0.25) is 0 Å². The van der Waals surface area contributed by atoms with Gasteiger partial charge in [-0.1, -0.05) is 6.92 Å². The van der Waals surface area contributed by atoms with Crippen LogP contribution >= 0.6 is 0 Å². The summed E-state index contributed by atoms with van der Waals surface area (Å²) in [6.45, 7) is 3.35. The highest BCUT2D eigenvalue weighted by Gasteiger charge is 2.24. The fourth-order valence-electron chi connectivity index (χ4n) is 1.46. The first kappa shape index (κ1) is 14.2. The SMILES string of the molecule is CCCS(=O)(=O)NCC(C)(O)Cc1ccco1. The molecule has 1 atom stereocenters. The van der Waals surface area contributed by atoms with Crippen molar-refractivity contribution in [3.8, 4) is 0 Å². The Morgan fingerprint density at radius 3 is 2.76 bits per heavy atom. The van der Waals surface area contributed by atoms with E-state index in [1.165, 1.54) is 6.26 Å². The lowest BCUT2D eigenvalue weighted by molar-refractivity contribution is 0.0603. The fraction of sp³-hybridized carbons (Fsp3) is 0.636. The molecular formula is C11H19NO4S. The summed E-state index contributed by atoms with van der Waals surface area (Å²) in [5.41, 5.74) is -1.15. The van der Waals surface area contributed by atoms with E-state index in [0.717, 1.165) is 0 Å². The smallest absolute Gasteiger partial charge is 0.211 e. The van der Waals surface area contributed by atoms with Crippen LogP contribution in [0.3, 0.4) is 0 Å². The molecule has 0 aromatic carbocycles. The number of aliphatic hydroxyl groups is 1. The van der Waals surface area contributed by atoms with Crippen molar-refractivity contribution >= 4 is 10.0 Å². The molecule has 0 aliphatic rings. The molecule has 5 nitrogen and oxygen atoms in total. The standard InChI is InChI=1S/C11H19NO4S/c1-3-7-17(14,15)12-9-11(2,13)8-10-5-4-6-16-10/h4-6,12-13H,3,7-9H2,1-2H3. The van der Waals surface area contributed by atoms with Crippen molar-refractivity contribution in [2.24, 2.45) is 0 Å². The maximum Gasteiger partial charge on any atom is 0.211 e.